The molecule has 1 amide bonds. The van der Waals surface area contributed by atoms with E-state index in [9.17, 15) is 9.59 Å². The van der Waals surface area contributed by atoms with E-state index in [0.717, 1.165) is 11.1 Å². The van der Waals surface area contributed by atoms with Gasteiger partial charge >= 0.3 is 5.97 Å². The molecule has 7 heteroatoms. The summed E-state index contributed by atoms with van der Waals surface area (Å²) in [5.74, 6) is 0.0606. The Kier molecular flexibility index (Phi) is 5.24. The van der Waals surface area contributed by atoms with Crippen molar-refractivity contribution < 1.29 is 18.8 Å². The second-order valence-corrected chi connectivity index (χ2v) is 4.72. The number of esters is 1. The van der Waals surface area contributed by atoms with Crippen molar-refractivity contribution in [3.63, 3.8) is 0 Å². The van der Waals surface area contributed by atoms with Crippen molar-refractivity contribution in [3.05, 3.63) is 35.7 Å². The van der Waals surface area contributed by atoms with Crippen LogP contribution >= 0.6 is 0 Å². The molecule has 0 saturated heterocycles. The van der Waals surface area contributed by atoms with Gasteiger partial charge in [0.2, 0.25) is 11.7 Å². The number of ether oxygens (including phenoxy) is 1. The number of aromatic nitrogens is 2. The van der Waals surface area contributed by atoms with Crippen LogP contribution < -0.4 is 5.32 Å². The first-order valence-electron chi connectivity index (χ1n) is 6.85. The molecule has 0 fully saturated rings. The lowest BCUT2D eigenvalue weighted by molar-refractivity contribution is -0.145. The smallest absolute Gasteiger partial charge is 0.308 e. The van der Waals surface area contributed by atoms with Gasteiger partial charge in [-0.3, -0.25) is 9.59 Å². The number of hydrogen-bond acceptors (Lipinski definition) is 6. The molecule has 116 valence electrons. The topological polar surface area (TPSA) is 94.3 Å². The first-order chi connectivity index (χ1) is 10.6. The molecule has 1 aromatic heterocycles. The molecule has 0 spiro atoms. The van der Waals surface area contributed by atoms with Crippen LogP contribution in [-0.4, -0.2) is 28.6 Å². The van der Waals surface area contributed by atoms with Crippen LogP contribution in [0.5, 0.6) is 0 Å². The van der Waals surface area contributed by atoms with Gasteiger partial charge in [-0.25, -0.2) is 0 Å². The fourth-order valence-corrected chi connectivity index (χ4v) is 1.80. The molecular weight excluding hydrogens is 286 g/mol. The number of aryl methyl sites for hydroxylation is 1. The maximum absolute atomic E-state index is 11.5. The highest BCUT2D eigenvalue weighted by Gasteiger charge is 2.12. The predicted octanol–water partition coefficient (Wildman–Crippen LogP) is 1.61. The Morgan fingerprint density at radius 1 is 1.32 bits per heavy atom. The van der Waals surface area contributed by atoms with Crippen LogP contribution in [0.25, 0.3) is 11.4 Å². The third-order valence-corrected chi connectivity index (χ3v) is 2.91. The van der Waals surface area contributed by atoms with E-state index >= 15 is 0 Å². The van der Waals surface area contributed by atoms with Crippen molar-refractivity contribution in [1.29, 1.82) is 0 Å². The van der Waals surface area contributed by atoms with E-state index in [0.29, 0.717) is 5.82 Å². The summed E-state index contributed by atoms with van der Waals surface area (Å²) in [4.78, 5) is 26.3. The third-order valence-electron chi connectivity index (χ3n) is 2.91. The number of benzene rings is 1. The number of carbonyl (C=O) groups excluding carboxylic acids is 2. The number of rotatable bonds is 6. The molecule has 0 aliphatic carbocycles. The lowest BCUT2D eigenvalue weighted by Gasteiger charge is -2.02. The van der Waals surface area contributed by atoms with Crippen molar-refractivity contribution in [2.24, 2.45) is 0 Å². The zero-order valence-electron chi connectivity index (χ0n) is 12.5. The molecule has 0 unspecified atom stereocenters. The van der Waals surface area contributed by atoms with E-state index in [2.05, 4.69) is 15.5 Å². The van der Waals surface area contributed by atoms with E-state index in [1.807, 2.05) is 31.2 Å². The van der Waals surface area contributed by atoms with E-state index in [1.165, 1.54) is 6.92 Å². The molecule has 0 radical (unpaired) electrons. The molecule has 2 aromatic rings. The number of amides is 1. The van der Waals surface area contributed by atoms with Crippen LogP contribution in [0.4, 0.5) is 0 Å². The number of hydrogen-bond donors (Lipinski definition) is 1. The van der Waals surface area contributed by atoms with Crippen molar-refractivity contribution >= 4 is 11.9 Å². The van der Waals surface area contributed by atoms with Crippen molar-refractivity contribution in [1.82, 2.24) is 15.5 Å². The molecule has 22 heavy (non-hydrogen) atoms. The quantitative estimate of drug-likeness (QED) is 0.815. The van der Waals surface area contributed by atoms with Gasteiger partial charge in [0.05, 0.1) is 6.42 Å². The minimum Gasteiger partial charge on any atom is -0.456 e. The molecule has 1 heterocycles. The zero-order chi connectivity index (χ0) is 15.9. The second-order valence-electron chi connectivity index (χ2n) is 4.72. The van der Waals surface area contributed by atoms with Gasteiger partial charge in [-0.2, -0.15) is 4.98 Å². The summed E-state index contributed by atoms with van der Waals surface area (Å²) in [6.07, 6.45) is 0.0956. The first-order valence-corrected chi connectivity index (χ1v) is 6.85. The number of nitrogens with one attached hydrogen (secondary N) is 1. The molecule has 2 rings (SSSR count). The molecule has 1 aromatic carbocycles. The van der Waals surface area contributed by atoms with E-state index in [-0.39, 0.29) is 31.4 Å². The van der Waals surface area contributed by atoms with Gasteiger partial charge in [-0.15, -0.1) is 0 Å². The van der Waals surface area contributed by atoms with Crippen LogP contribution in [0.3, 0.4) is 0 Å². The Balaban J connectivity index is 1.86. The fraction of sp³-hybridized carbons (Fsp3) is 0.333. The first kappa shape index (κ1) is 15.7. The van der Waals surface area contributed by atoms with E-state index in [4.69, 9.17) is 9.26 Å². The van der Waals surface area contributed by atoms with Crippen molar-refractivity contribution in [3.8, 4) is 11.4 Å². The molecule has 0 saturated carbocycles. The van der Waals surface area contributed by atoms with Gasteiger partial charge in [0.15, 0.2) is 6.61 Å². The average Bonchev–Trinajstić information content (AvgIpc) is 2.94. The summed E-state index contributed by atoms with van der Waals surface area (Å²) >= 11 is 0. The molecule has 0 atom stereocenters. The molecule has 0 bridgehead atoms. The van der Waals surface area contributed by atoms with E-state index < -0.39 is 5.97 Å². The SMILES string of the molecule is CC(=O)NCCC(=O)OCc1nc(-c2ccccc2C)no1. The highest BCUT2D eigenvalue weighted by Crippen LogP contribution is 2.19. The van der Waals surface area contributed by atoms with Gasteiger partial charge in [0.25, 0.3) is 5.89 Å². The third kappa shape index (κ3) is 4.41. The standard InChI is InChI=1S/C15H17N3O4/c1-10-5-3-4-6-12(10)15-17-13(22-18-15)9-21-14(20)7-8-16-11(2)19/h3-6H,7-9H2,1-2H3,(H,16,19). The Labute approximate surface area is 127 Å². The fourth-order valence-electron chi connectivity index (χ4n) is 1.80. The average molecular weight is 303 g/mol. The summed E-state index contributed by atoms with van der Waals surface area (Å²) in [5, 5.41) is 6.39. The Bertz CT molecular complexity index is 666. The zero-order valence-corrected chi connectivity index (χ0v) is 12.5. The van der Waals surface area contributed by atoms with Crippen LogP contribution in [0, 0.1) is 6.92 Å². The Morgan fingerprint density at radius 3 is 2.82 bits per heavy atom. The highest BCUT2D eigenvalue weighted by molar-refractivity contribution is 5.74. The molecule has 0 aliphatic heterocycles. The lowest BCUT2D eigenvalue weighted by atomic mass is 10.1. The Hall–Kier alpha value is -2.70. The van der Waals surface area contributed by atoms with Gasteiger partial charge in [0.1, 0.15) is 0 Å². The minimum absolute atomic E-state index is 0.0855. The molecule has 0 aliphatic rings. The Morgan fingerprint density at radius 2 is 2.09 bits per heavy atom. The summed E-state index contributed by atoms with van der Waals surface area (Å²) < 4.78 is 10.1. The van der Waals surface area contributed by atoms with Crippen molar-refractivity contribution in [2.45, 2.75) is 26.9 Å². The number of carbonyl (C=O) groups is 2. The monoisotopic (exact) mass is 303 g/mol. The van der Waals surface area contributed by atoms with Crippen molar-refractivity contribution in [2.75, 3.05) is 6.54 Å². The van der Waals surface area contributed by atoms with Crippen LogP contribution in [0.15, 0.2) is 28.8 Å². The van der Waals surface area contributed by atoms with Crippen LogP contribution in [0.1, 0.15) is 24.8 Å². The molecular formula is C15H17N3O4. The minimum atomic E-state index is -0.440. The maximum Gasteiger partial charge on any atom is 0.308 e. The van der Waals surface area contributed by atoms with Crippen LogP contribution in [0.2, 0.25) is 0 Å². The van der Waals surface area contributed by atoms with Gasteiger partial charge in [-0.05, 0) is 12.5 Å². The van der Waals surface area contributed by atoms with Gasteiger partial charge < -0.3 is 14.6 Å². The number of nitrogens with zero attached hydrogens (tertiary/aromatic N) is 2. The largest absolute Gasteiger partial charge is 0.456 e. The predicted molar refractivity (Wildman–Crippen MR) is 77.6 cm³/mol. The highest BCUT2D eigenvalue weighted by atomic mass is 16.6. The summed E-state index contributed by atoms with van der Waals surface area (Å²) in [6.45, 7) is 3.49. The summed E-state index contributed by atoms with van der Waals surface area (Å²) in [6, 6.07) is 7.66. The van der Waals surface area contributed by atoms with Gasteiger partial charge in [-0.1, -0.05) is 29.4 Å². The maximum atomic E-state index is 11.5. The summed E-state index contributed by atoms with van der Waals surface area (Å²) in [7, 11) is 0. The summed E-state index contributed by atoms with van der Waals surface area (Å²) in [5.41, 5.74) is 1.90. The lowest BCUT2D eigenvalue weighted by Crippen LogP contribution is -2.23. The second kappa shape index (κ2) is 7.35. The molecule has 1 N–H and O–H groups in total. The van der Waals surface area contributed by atoms with Crippen LogP contribution in [-0.2, 0) is 20.9 Å². The molecule has 7 nitrogen and oxygen atoms in total. The van der Waals surface area contributed by atoms with E-state index in [1.54, 1.807) is 0 Å². The van der Waals surface area contributed by atoms with Gasteiger partial charge in [0, 0.05) is 19.0 Å². The normalized spacial score (nSPS) is 10.3.